The highest BCUT2D eigenvalue weighted by Gasteiger charge is 2.23. The van der Waals surface area contributed by atoms with E-state index < -0.39 is 4.92 Å². The van der Waals surface area contributed by atoms with Gasteiger partial charge in [0.25, 0.3) is 0 Å². The third-order valence-corrected chi connectivity index (χ3v) is 4.65. The molecule has 0 bridgehead atoms. The summed E-state index contributed by atoms with van der Waals surface area (Å²) in [6, 6.07) is 3.70. The molecule has 1 aliphatic rings. The van der Waals surface area contributed by atoms with Gasteiger partial charge in [0.2, 0.25) is 0 Å². The van der Waals surface area contributed by atoms with E-state index in [1.165, 1.54) is 7.11 Å². The molecule has 118 valence electrons. The summed E-state index contributed by atoms with van der Waals surface area (Å²) in [6.07, 6.45) is 8.13. The standard InChI is InChI=1S/C16H20N2O4/c1-22-16-7-13-9-17(8-12(13)6-15(16)18(20)21)14-4-2-11(10-19)3-5-14/h6-9,11,14,19H,2-5,10H2,1H3/t11-,14-. The van der Waals surface area contributed by atoms with Gasteiger partial charge in [0.1, 0.15) is 0 Å². The summed E-state index contributed by atoms with van der Waals surface area (Å²) in [5.41, 5.74) is -0.00302. The summed E-state index contributed by atoms with van der Waals surface area (Å²) in [5.74, 6) is 0.710. The molecule has 0 atom stereocenters. The summed E-state index contributed by atoms with van der Waals surface area (Å²) < 4.78 is 7.27. The van der Waals surface area contributed by atoms with Crippen molar-refractivity contribution in [3.05, 3.63) is 34.6 Å². The van der Waals surface area contributed by atoms with E-state index in [9.17, 15) is 15.2 Å². The van der Waals surface area contributed by atoms with E-state index in [4.69, 9.17) is 4.74 Å². The largest absolute Gasteiger partial charge is 0.490 e. The van der Waals surface area contributed by atoms with Crippen molar-refractivity contribution in [2.45, 2.75) is 31.7 Å². The van der Waals surface area contributed by atoms with Crippen molar-refractivity contribution in [2.24, 2.45) is 5.92 Å². The molecule has 0 amide bonds. The Balaban J connectivity index is 1.91. The van der Waals surface area contributed by atoms with Gasteiger partial charge in [-0.05, 0) is 37.7 Å². The maximum absolute atomic E-state index is 11.1. The molecule has 3 rings (SSSR count). The Hall–Kier alpha value is -2.08. The van der Waals surface area contributed by atoms with E-state index in [0.29, 0.717) is 17.7 Å². The first-order chi connectivity index (χ1) is 10.6. The van der Waals surface area contributed by atoms with Gasteiger partial charge in [-0.25, -0.2) is 0 Å². The summed E-state index contributed by atoms with van der Waals surface area (Å²) in [5, 5.41) is 22.1. The van der Waals surface area contributed by atoms with Crippen molar-refractivity contribution < 1.29 is 14.8 Å². The molecule has 1 fully saturated rings. The van der Waals surface area contributed by atoms with Crippen molar-refractivity contribution in [3.63, 3.8) is 0 Å². The SMILES string of the molecule is COc1cc2cn([C@H]3CC[C@H](CO)CC3)cc2cc1[N+](=O)[O-]. The lowest BCUT2D eigenvalue weighted by Crippen LogP contribution is -2.19. The zero-order valence-electron chi connectivity index (χ0n) is 12.6. The van der Waals surface area contributed by atoms with Gasteiger partial charge in [0.05, 0.1) is 12.0 Å². The molecule has 1 aromatic heterocycles. The molecule has 0 unspecified atom stereocenters. The molecular weight excluding hydrogens is 284 g/mol. The molecule has 0 aliphatic heterocycles. The van der Waals surface area contributed by atoms with Crippen LogP contribution in [0.1, 0.15) is 31.7 Å². The molecule has 6 nitrogen and oxygen atoms in total. The van der Waals surface area contributed by atoms with E-state index >= 15 is 0 Å². The van der Waals surface area contributed by atoms with E-state index in [-0.39, 0.29) is 12.3 Å². The van der Waals surface area contributed by atoms with Crippen molar-refractivity contribution in [1.82, 2.24) is 4.57 Å². The summed E-state index contributed by atoms with van der Waals surface area (Å²) in [7, 11) is 1.45. The zero-order valence-corrected chi connectivity index (χ0v) is 12.6. The van der Waals surface area contributed by atoms with Crippen LogP contribution in [0.15, 0.2) is 24.5 Å². The lowest BCUT2D eigenvalue weighted by Gasteiger charge is -2.28. The molecule has 1 heterocycles. The summed E-state index contributed by atoms with van der Waals surface area (Å²) >= 11 is 0. The number of nitro groups is 1. The van der Waals surface area contributed by atoms with Gasteiger partial charge in [0, 0.05) is 41.9 Å². The first-order valence-corrected chi connectivity index (χ1v) is 7.57. The average molecular weight is 304 g/mol. The molecule has 6 heteroatoms. The predicted octanol–water partition coefficient (Wildman–Crippen LogP) is 3.28. The van der Waals surface area contributed by atoms with Gasteiger partial charge in [-0.1, -0.05) is 0 Å². The lowest BCUT2D eigenvalue weighted by atomic mass is 9.86. The van der Waals surface area contributed by atoms with E-state index in [1.807, 2.05) is 12.4 Å². The minimum Gasteiger partial charge on any atom is -0.490 e. The molecule has 1 aromatic carbocycles. The normalized spacial score (nSPS) is 21.9. The van der Waals surface area contributed by atoms with E-state index in [0.717, 1.165) is 36.5 Å². The van der Waals surface area contributed by atoms with Gasteiger partial charge in [0.15, 0.2) is 5.75 Å². The minimum absolute atomic E-state index is 0.00302. The quantitative estimate of drug-likeness (QED) is 0.694. The molecule has 1 saturated carbocycles. The number of nitro benzene ring substituents is 1. The number of hydrogen-bond donors (Lipinski definition) is 1. The Morgan fingerprint density at radius 1 is 1.27 bits per heavy atom. The Bertz CT molecular complexity index is 687. The first kappa shape index (κ1) is 14.8. The number of methoxy groups -OCH3 is 1. The fraction of sp³-hybridized carbons (Fsp3) is 0.500. The van der Waals surface area contributed by atoms with Crippen LogP contribution in [-0.4, -0.2) is 28.3 Å². The highest BCUT2D eigenvalue weighted by Crippen LogP contribution is 2.36. The first-order valence-electron chi connectivity index (χ1n) is 7.57. The Morgan fingerprint density at radius 3 is 2.45 bits per heavy atom. The van der Waals surface area contributed by atoms with Crippen LogP contribution in [0.4, 0.5) is 5.69 Å². The van der Waals surface area contributed by atoms with Gasteiger partial charge < -0.3 is 14.4 Å². The summed E-state index contributed by atoms with van der Waals surface area (Å²) in [4.78, 5) is 10.7. The number of fused-ring (bicyclic) bond motifs is 1. The second-order valence-corrected chi connectivity index (χ2v) is 5.97. The van der Waals surface area contributed by atoms with Crippen molar-refractivity contribution >= 4 is 16.5 Å². The zero-order chi connectivity index (χ0) is 15.7. The van der Waals surface area contributed by atoms with Crippen LogP contribution in [0.3, 0.4) is 0 Å². The average Bonchev–Trinajstić information content (AvgIpc) is 2.96. The fourth-order valence-corrected chi connectivity index (χ4v) is 3.32. The topological polar surface area (TPSA) is 77.5 Å². The number of rotatable bonds is 4. The third-order valence-electron chi connectivity index (χ3n) is 4.65. The van der Waals surface area contributed by atoms with Crippen LogP contribution >= 0.6 is 0 Å². The Morgan fingerprint density at radius 2 is 1.91 bits per heavy atom. The van der Waals surface area contributed by atoms with Crippen LogP contribution in [0.2, 0.25) is 0 Å². The van der Waals surface area contributed by atoms with Crippen molar-refractivity contribution in [1.29, 1.82) is 0 Å². The molecule has 22 heavy (non-hydrogen) atoms. The third kappa shape index (κ3) is 2.66. The minimum atomic E-state index is -0.415. The van der Waals surface area contributed by atoms with Gasteiger partial charge >= 0.3 is 5.69 Å². The van der Waals surface area contributed by atoms with Crippen LogP contribution in [0, 0.1) is 16.0 Å². The number of hydrogen-bond acceptors (Lipinski definition) is 4. The number of ether oxygens (including phenoxy) is 1. The molecule has 1 aliphatic carbocycles. The lowest BCUT2D eigenvalue weighted by molar-refractivity contribution is -0.385. The number of aliphatic hydroxyl groups is 1. The van der Waals surface area contributed by atoms with Gasteiger partial charge in [-0.3, -0.25) is 10.1 Å². The monoisotopic (exact) mass is 304 g/mol. The van der Waals surface area contributed by atoms with Gasteiger partial charge in [-0.15, -0.1) is 0 Å². The van der Waals surface area contributed by atoms with E-state index in [1.54, 1.807) is 12.1 Å². The fourth-order valence-electron chi connectivity index (χ4n) is 3.32. The Labute approximate surface area is 128 Å². The number of aromatic nitrogens is 1. The summed E-state index contributed by atoms with van der Waals surface area (Å²) in [6.45, 7) is 0.268. The van der Waals surface area contributed by atoms with Crippen LogP contribution < -0.4 is 4.74 Å². The van der Waals surface area contributed by atoms with Crippen LogP contribution in [-0.2, 0) is 0 Å². The molecular formula is C16H20N2O4. The Kier molecular flexibility index (Phi) is 4.02. The molecule has 0 spiro atoms. The van der Waals surface area contributed by atoms with Gasteiger partial charge in [-0.2, -0.15) is 0 Å². The molecule has 0 radical (unpaired) electrons. The molecule has 1 N–H and O–H groups in total. The van der Waals surface area contributed by atoms with Crippen molar-refractivity contribution in [2.75, 3.05) is 13.7 Å². The highest BCUT2D eigenvalue weighted by molar-refractivity contribution is 5.87. The smallest absolute Gasteiger partial charge is 0.311 e. The van der Waals surface area contributed by atoms with Crippen LogP contribution in [0.25, 0.3) is 10.8 Å². The van der Waals surface area contributed by atoms with E-state index in [2.05, 4.69) is 4.57 Å². The van der Waals surface area contributed by atoms with Crippen LogP contribution in [0.5, 0.6) is 5.75 Å². The predicted molar refractivity (Wildman–Crippen MR) is 83.2 cm³/mol. The highest BCUT2D eigenvalue weighted by atomic mass is 16.6. The molecule has 2 aromatic rings. The van der Waals surface area contributed by atoms with Crippen molar-refractivity contribution in [3.8, 4) is 5.75 Å². The maximum Gasteiger partial charge on any atom is 0.311 e. The second-order valence-electron chi connectivity index (χ2n) is 5.97. The molecule has 0 saturated heterocycles. The number of nitrogens with zero attached hydrogens (tertiary/aromatic N) is 2. The number of benzene rings is 1. The maximum atomic E-state index is 11.1. The number of aliphatic hydroxyl groups excluding tert-OH is 1. The second kappa shape index (κ2) is 5.96.